The number of hydrogen-bond donors (Lipinski definition) is 2. The van der Waals surface area contributed by atoms with Crippen molar-refractivity contribution in [3.8, 4) is 0 Å². The molecule has 0 saturated heterocycles. The monoisotopic (exact) mass is 282 g/mol. The quantitative estimate of drug-likeness (QED) is 0.875. The van der Waals surface area contributed by atoms with Gasteiger partial charge in [-0.2, -0.15) is 0 Å². The molecule has 2 aromatic carbocycles. The SMILES string of the molecule is CC1C(O)=C(c2ccc(F)cc2)C(=N)N1c1ccccc1. The van der Waals surface area contributed by atoms with Crippen LogP contribution in [0.4, 0.5) is 10.1 Å². The van der Waals surface area contributed by atoms with Crippen LogP contribution < -0.4 is 4.90 Å². The topological polar surface area (TPSA) is 47.3 Å². The maximum Gasteiger partial charge on any atom is 0.137 e. The van der Waals surface area contributed by atoms with Gasteiger partial charge in [0.05, 0.1) is 11.6 Å². The van der Waals surface area contributed by atoms with Crippen molar-refractivity contribution in [1.29, 1.82) is 5.41 Å². The number of rotatable bonds is 2. The average Bonchev–Trinajstić information content (AvgIpc) is 2.72. The largest absolute Gasteiger partial charge is 0.509 e. The molecule has 0 spiro atoms. The van der Waals surface area contributed by atoms with Crippen LogP contribution in [0.5, 0.6) is 0 Å². The second kappa shape index (κ2) is 5.05. The van der Waals surface area contributed by atoms with Crippen molar-refractivity contribution in [3.05, 3.63) is 71.7 Å². The Morgan fingerprint density at radius 1 is 1.05 bits per heavy atom. The Bertz CT molecular complexity index is 707. The lowest BCUT2D eigenvalue weighted by molar-refractivity contribution is 0.384. The summed E-state index contributed by atoms with van der Waals surface area (Å²) in [6.07, 6.45) is 0. The number of nitrogens with one attached hydrogen (secondary N) is 1. The van der Waals surface area contributed by atoms with Crippen LogP contribution in [0.3, 0.4) is 0 Å². The van der Waals surface area contributed by atoms with Crippen LogP contribution >= 0.6 is 0 Å². The number of aliphatic hydroxyl groups is 1. The summed E-state index contributed by atoms with van der Waals surface area (Å²) in [5.74, 6) is 0.0181. The highest BCUT2D eigenvalue weighted by molar-refractivity contribution is 6.31. The van der Waals surface area contributed by atoms with Gasteiger partial charge in [0.15, 0.2) is 0 Å². The normalized spacial score (nSPS) is 18.5. The predicted octanol–water partition coefficient (Wildman–Crippen LogP) is 3.98. The first kappa shape index (κ1) is 13.4. The number of amidine groups is 1. The summed E-state index contributed by atoms with van der Waals surface area (Å²) in [4.78, 5) is 1.76. The molecule has 0 fully saturated rings. The summed E-state index contributed by atoms with van der Waals surface area (Å²) in [5, 5.41) is 18.8. The van der Waals surface area contributed by atoms with E-state index in [-0.39, 0.29) is 23.5 Å². The molecule has 1 heterocycles. The first-order valence-corrected chi connectivity index (χ1v) is 6.72. The third-order valence-electron chi connectivity index (χ3n) is 3.68. The van der Waals surface area contributed by atoms with Gasteiger partial charge in [-0.05, 0) is 36.8 Å². The van der Waals surface area contributed by atoms with Crippen molar-refractivity contribution in [1.82, 2.24) is 0 Å². The van der Waals surface area contributed by atoms with Gasteiger partial charge in [0.2, 0.25) is 0 Å². The molecule has 0 aliphatic carbocycles. The van der Waals surface area contributed by atoms with E-state index in [9.17, 15) is 9.50 Å². The number of para-hydroxylation sites is 1. The molecule has 0 amide bonds. The molecule has 3 rings (SSSR count). The zero-order valence-electron chi connectivity index (χ0n) is 11.5. The van der Waals surface area contributed by atoms with E-state index in [1.807, 2.05) is 37.3 Å². The number of anilines is 1. The van der Waals surface area contributed by atoms with Crippen molar-refractivity contribution < 1.29 is 9.50 Å². The number of benzene rings is 2. The molecule has 1 aliphatic rings. The second-order valence-corrected chi connectivity index (χ2v) is 5.00. The molecule has 0 bridgehead atoms. The van der Waals surface area contributed by atoms with Gasteiger partial charge in [-0.25, -0.2) is 4.39 Å². The first-order chi connectivity index (χ1) is 10.1. The van der Waals surface area contributed by atoms with Crippen molar-refractivity contribution in [2.24, 2.45) is 0 Å². The molecule has 2 N–H and O–H groups in total. The number of nitrogens with zero attached hydrogens (tertiary/aromatic N) is 1. The zero-order valence-corrected chi connectivity index (χ0v) is 11.5. The lowest BCUT2D eigenvalue weighted by atomic mass is 10.0. The summed E-state index contributed by atoms with van der Waals surface area (Å²) < 4.78 is 13.0. The van der Waals surface area contributed by atoms with Gasteiger partial charge in [-0.15, -0.1) is 0 Å². The van der Waals surface area contributed by atoms with Crippen LogP contribution in [-0.2, 0) is 0 Å². The second-order valence-electron chi connectivity index (χ2n) is 5.00. The molecule has 3 nitrogen and oxygen atoms in total. The van der Waals surface area contributed by atoms with E-state index in [1.54, 1.807) is 17.0 Å². The molecule has 106 valence electrons. The fraction of sp³-hybridized carbons (Fsp3) is 0.118. The number of halogens is 1. The Balaban J connectivity index is 2.03. The molecule has 1 aliphatic heterocycles. The molecule has 4 heteroatoms. The Morgan fingerprint density at radius 2 is 1.67 bits per heavy atom. The molecular formula is C17H15FN2O. The molecule has 1 unspecified atom stereocenters. The minimum absolute atomic E-state index is 0.135. The van der Waals surface area contributed by atoms with Crippen LogP contribution in [0.2, 0.25) is 0 Å². The summed E-state index contributed by atoms with van der Waals surface area (Å²) in [6, 6.07) is 15.0. The Kier molecular flexibility index (Phi) is 3.22. The highest BCUT2D eigenvalue weighted by atomic mass is 19.1. The minimum Gasteiger partial charge on any atom is -0.509 e. The molecule has 0 saturated carbocycles. The van der Waals surface area contributed by atoms with Gasteiger partial charge in [0.1, 0.15) is 17.4 Å². The lowest BCUT2D eigenvalue weighted by Crippen LogP contribution is -2.33. The maximum atomic E-state index is 13.0. The molecule has 0 radical (unpaired) electrons. The van der Waals surface area contributed by atoms with Gasteiger partial charge in [0, 0.05) is 5.69 Å². The smallest absolute Gasteiger partial charge is 0.137 e. The molecular weight excluding hydrogens is 267 g/mol. The van der Waals surface area contributed by atoms with Crippen molar-refractivity contribution in [2.75, 3.05) is 4.90 Å². The average molecular weight is 282 g/mol. The highest BCUT2D eigenvalue weighted by Gasteiger charge is 2.35. The van der Waals surface area contributed by atoms with E-state index >= 15 is 0 Å². The first-order valence-electron chi connectivity index (χ1n) is 6.72. The van der Waals surface area contributed by atoms with E-state index in [0.29, 0.717) is 11.1 Å². The molecule has 2 aromatic rings. The minimum atomic E-state index is -0.337. The Morgan fingerprint density at radius 3 is 2.29 bits per heavy atom. The molecule has 21 heavy (non-hydrogen) atoms. The third-order valence-corrected chi connectivity index (χ3v) is 3.68. The molecule has 0 aromatic heterocycles. The van der Waals surface area contributed by atoms with Gasteiger partial charge >= 0.3 is 0 Å². The van der Waals surface area contributed by atoms with Crippen molar-refractivity contribution in [3.63, 3.8) is 0 Å². The summed E-state index contributed by atoms with van der Waals surface area (Å²) >= 11 is 0. The molecule has 1 atom stereocenters. The van der Waals surface area contributed by atoms with Crippen LogP contribution in [0.25, 0.3) is 5.57 Å². The number of hydrogen-bond acceptors (Lipinski definition) is 2. The zero-order chi connectivity index (χ0) is 15.0. The lowest BCUT2D eigenvalue weighted by Gasteiger charge is -2.24. The van der Waals surface area contributed by atoms with Gasteiger partial charge in [-0.1, -0.05) is 30.3 Å². The van der Waals surface area contributed by atoms with E-state index in [0.717, 1.165) is 5.69 Å². The number of aliphatic hydroxyl groups excluding tert-OH is 1. The summed E-state index contributed by atoms with van der Waals surface area (Å²) in [7, 11) is 0. The van der Waals surface area contributed by atoms with Crippen molar-refractivity contribution in [2.45, 2.75) is 13.0 Å². The van der Waals surface area contributed by atoms with Crippen molar-refractivity contribution >= 4 is 17.1 Å². The highest BCUT2D eigenvalue weighted by Crippen LogP contribution is 2.35. The Hall–Kier alpha value is -2.62. The summed E-state index contributed by atoms with van der Waals surface area (Å²) in [5.41, 5.74) is 1.94. The summed E-state index contributed by atoms with van der Waals surface area (Å²) in [6.45, 7) is 1.84. The van der Waals surface area contributed by atoms with Gasteiger partial charge in [-0.3, -0.25) is 5.41 Å². The van der Waals surface area contributed by atoms with Crippen LogP contribution in [-0.4, -0.2) is 17.0 Å². The van der Waals surface area contributed by atoms with Crippen LogP contribution in [0, 0.1) is 11.2 Å². The van der Waals surface area contributed by atoms with E-state index in [2.05, 4.69) is 0 Å². The third kappa shape index (κ3) is 2.18. The van der Waals surface area contributed by atoms with E-state index < -0.39 is 0 Å². The van der Waals surface area contributed by atoms with E-state index in [1.165, 1.54) is 12.1 Å². The fourth-order valence-electron chi connectivity index (χ4n) is 2.61. The maximum absolute atomic E-state index is 13.0. The van der Waals surface area contributed by atoms with Gasteiger partial charge < -0.3 is 10.0 Å². The fourth-order valence-corrected chi connectivity index (χ4v) is 2.61. The van der Waals surface area contributed by atoms with Crippen LogP contribution in [0.1, 0.15) is 12.5 Å². The Labute approximate surface area is 122 Å². The van der Waals surface area contributed by atoms with Gasteiger partial charge in [0.25, 0.3) is 0 Å². The standard InChI is InChI=1S/C17H15FN2O/c1-11-16(21)15(12-7-9-13(18)10-8-12)17(19)20(11)14-5-3-2-4-6-14/h2-11,19,21H,1H3. The van der Waals surface area contributed by atoms with Crippen LogP contribution in [0.15, 0.2) is 60.4 Å². The van der Waals surface area contributed by atoms with E-state index in [4.69, 9.17) is 5.41 Å². The predicted molar refractivity (Wildman–Crippen MR) is 82.1 cm³/mol.